The highest BCUT2D eigenvalue weighted by Gasteiger charge is 2.27. The molecular formula is C19H23NO2S. The number of benzene rings is 1. The highest BCUT2D eigenvalue weighted by molar-refractivity contribution is 7.99. The van der Waals surface area contributed by atoms with E-state index in [1.54, 1.807) is 11.8 Å². The number of rotatable bonds is 8. The van der Waals surface area contributed by atoms with Gasteiger partial charge in [0, 0.05) is 32.0 Å². The van der Waals surface area contributed by atoms with Crippen molar-refractivity contribution in [1.82, 2.24) is 4.90 Å². The summed E-state index contributed by atoms with van der Waals surface area (Å²) in [7, 11) is 0. The smallest absolute Gasteiger partial charge is 0.133 e. The highest BCUT2D eigenvalue weighted by Crippen LogP contribution is 2.37. The maximum Gasteiger partial charge on any atom is 0.133 e. The Morgan fingerprint density at radius 3 is 3.00 bits per heavy atom. The molecule has 3 rings (SSSR count). The number of aliphatic hydroxyl groups is 1. The summed E-state index contributed by atoms with van der Waals surface area (Å²) in [5.74, 6) is 8.15. The minimum atomic E-state index is 0.157. The van der Waals surface area contributed by atoms with Crippen molar-refractivity contribution in [3.63, 3.8) is 0 Å². The molecule has 0 bridgehead atoms. The second-order valence-electron chi connectivity index (χ2n) is 5.91. The Morgan fingerprint density at radius 1 is 1.39 bits per heavy atom. The number of hydrogen-bond donors (Lipinski definition) is 1. The van der Waals surface area contributed by atoms with Gasteiger partial charge in [0.15, 0.2) is 0 Å². The third-order valence-electron chi connectivity index (χ3n) is 4.06. The van der Waals surface area contributed by atoms with Crippen molar-refractivity contribution in [2.45, 2.75) is 43.2 Å². The Kier molecular flexibility index (Phi) is 5.53. The second kappa shape index (κ2) is 7.81. The van der Waals surface area contributed by atoms with Crippen molar-refractivity contribution in [3.8, 4) is 17.6 Å². The lowest BCUT2D eigenvalue weighted by Crippen LogP contribution is -2.18. The Bertz CT molecular complexity index is 628. The number of nitrogens with zero attached hydrogens (tertiary/aromatic N) is 1. The van der Waals surface area contributed by atoms with Crippen molar-refractivity contribution < 1.29 is 9.84 Å². The number of thioether (sulfide) groups is 1. The fourth-order valence-electron chi connectivity index (χ4n) is 2.74. The van der Waals surface area contributed by atoms with Crippen LogP contribution in [0.4, 0.5) is 0 Å². The summed E-state index contributed by atoms with van der Waals surface area (Å²) < 4.78 is 5.95. The van der Waals surface area contributed by atoms with E-state index in [4.69, 9.17) is 9.84 Å². The van der Waals surface area contributed by atoms with Crippen molar-refractivity contribution in [2.24, 2.45) is 0 Å². The van der Waals surface area contributed by atoms with Crippen LogP contribution < -0.4 is 4.74 Å². The minimum Gasteiger partial charge on any atom is -0.492 e. The molecule has 2 aliphatic rings. The molecule has 1 aromatic carbocycles. The fourth-order valence-corrected chi connectivity index (χ4v) is 3.64. The van der Waals surface area contributed by atoms with Gasteiger partial charge in [0.05, 0.1) is 17.3 Å². The topological polar surface area (TPSA) is 32.7 Å². The molecule has 23 heavy (non-hydrogen) atoms. The first kappa shape index (κ1) is 16.3. The SMILES string of the molecule is C=CN(Cc1cc2c(c(OCCCO)c1)SCC#CC2)C1CC1. The van der Waals surface area contributed by atoms with Gasteiger partial charge in [-0.15, -0.1) is 11.8 Å². The van der Waals surface area contributed by atoms with Crippen LogP contribution in [0.25, 0.3) is 0 Å². The zero-order valence-corrected chi connectivity index (χ0v) is 14.2. The highest BCUT2D eigenvalue weighted by atomic mass is 32.2. The molecule has 1 N–H and O–H groups in total. The zero-order chi connectivity index (χ0) is 16.1. The first-order valence-electron chi connectivity index (χ1n) is 8.18. The van der Waals surface area contributed by atoms with Crippen LogP contribution in [0.2, 0.25) is 0 Å². The predicted octanol–water partition coefficient (Wildman–Crippen LogP) is 3.21. The Labute approximate surface area is 142 Å². The second-order valence-corrected chi connectivity index (χ2v) is 6.90. The lowest BCUT2D eigenvalue weighted by molar-refractivity contribution is 0.230. The molecule has 0 unspecified atom stereocenters. The third kappa shape index (κ3) is 4.25. The van der Waals surface area contributed by atoms with Gasteiger partial charge < -0.3 is 14.7 Å². The molecule has 0 spiro atoms. The van der Waals surface area contributed by atoms with Gasteiger partial charge in [-0.2, -0.15) is 0 Å². The molecule has 3 nitrogen and oxygen atoms in total. The largest absolute Gasteiger partial charge is 0.492 e. The van der Waals surface area contributed by atoms with Crippen LogP contribution in [-0.2, 0) is 13.0 Å². The van der Waals surface area contributed by atoms with Gasteiger partial charge in [0.25, 0.3) is 0 Å². The lowest BCUT2D eigenvalue weighted by Gasteiger charge is -2.21. The molecule has 1 saturated carbocycles. The van der Waals surface area contributed by atoms with Gasteiger partial charge in [0.1, 0.15) is 5.75 Å². The van der Waals surface area contributed by atoms with Gasteiger partial charge in [-0.1, -0.05) is 24.5 Å². The summed E-state index contributed by atoms with van der Waals surface area (Å²) in [6, 6.07) is 5.06. The Balaban J connectivity index is 1.83. The molecule has 1 aromatic rings. The van der Waals surface area contributed by atoms with E-state index in [0.29, 0.717) is 19.1 Å². The summed E-state index contributed by atoms with van der Waals surface area (Å²) in [5, 5.41) is 8.98. The molecular weight excluding hydrogens is 306 g/mol. The molecule has 0 atom stereocenters. The van der Waals surface area contributed by atoms with Gasteiger partial charge in [-0.05, 0) is 36.2 Å². The number of fused-ring (bicyclic) bond motifs is 1. The monoisotopic (exact) mass is 329 g/mol. The average Bonchev–Trinajstić information content (AvgIpc) is 3.39. The van der Waals surface area contributed by atoms with Gasteiger partial charge >= 0.3 is 0 Å². The first-order chi connectivity index (χ1) is 11.3. The van der Waals surface area contributed by atoms with Crippen LogP contribution in [0.5, 0.6) is 5.75 Å². The van der Waals surface area contributed by atoms with E-state index in [1.165, 1.54) is 28.9 Å². The zero-order valence-electron chi connectivity index (χ0n) is 13.4. The van der Waals surface area contributed by atoms with E-state index < -0.39 is 0 Å². The molecule has 1 aliphatic heterocycles. The van der Waals surface area contributed by atoms with Gasteiger partial charge in [0.2, 0.25) is 0 Å². The maximum atomic E-state index is 8.98. The van der Waals surface area contributed by atoms with E-state index in [2.05, 4.69) is 35.5 Å². The number of ether oxygens (including phenoxy) is 1. The summed E-state index contributed by atoms with van der Waals surface area (Å²) in [5.41, 5.74) is 2.51. The molecule has 1 fully saturated rings. The normalized spacial score (nSPS) is 15.9. The predicted molar refractivity (Wildman–Crippen MR) is 94.6 cm³/mol. The van der Waals surface area contributed by atoms with Crippen molar-refractivity contribution in [1.29, 1.82) is 0 Å². The maximum absolute atomic E-state index is 8.98. The van der Waals surface area contributed by atoms with Crippen LogP contribution in [0.15, 0.2) is 29.8 Å². The quantitative estimate of drug-likeness (QED) is 0.586. The van der Waals surface area contributed by atoms with E-state index in [0.717, 1.165) is 24.5 Å². The Morgan fingerprint density at radius 2 is 2.26 bits per heavy atom. The molecule has 4 heteroatoms. The van der Waals surface area contributed by atoms with Crippen molar-refractivity contribution >= 4 is 11.8 Å². The third-order valence-corrected chi connectivity index (χ3v) is 5.10. The van der Waals surface area contributed by atoms with E-state index in [9.17, 15) is 0 Å². The van der Waals surface area contributed by atoms with Crippen LogP contribution in [0, 0.1) is 11.8 Å². The van der Waals surface area contributed by atoms with E-state index in [1.807, 2.05) is 6.20 Å². The summed E-state index contributed by atoms with van der Waals surface area (Å²) in [6.07, 6.45) is 5.91. The molecule has 1 heterocycles. The molecule has 122 valence electrons. The van der Waals surface area contributed by atoms with Gasteiger partial charge in [-0.3, -0.25) is 0 Å². The van der Waals surface area contributed by atoms with E-state index in [-0.39, 0.29) is 6.61 Å². The van der Waals surface area contributed by atoms with Crippen LogP contribution in [0.1, 0.15) is 30.4 Å². The van der Waals surface area contributed by atoms with Crippen LogP contribution in [-0.4, -0.2) is 35.0 Å². The molecule has 1 aliphatic carbocycles. The molecule has 0 saturated heterocycles. The number of aliphatic hydroxyl groups excluding tert-OH is 1. The number of hydrogen-bond acceptors (Lipinski definition) is 4. The van der Waals surface area contributed by atoms with Crippen molar-refractivity contribution in [2.75, 3.05) is 19.0 Å². The molecule has 0 aromatic heterocycles. The standard InChI is InChI=1S/C19H23NO2S/c1-2-20(17-7-8-17)14-15-12-16-6-3-4-11-23-19(16)18(13-15)22-10-5-9-21/h2,12-13,17,21H,1,5-11,14H2. The van der Waals surface area contributed by atoms with Crippen molar-refractivity contribution in [3.05, 3.63) is 36.0 Å². The van der Waals surface area contributed by atoms with Crippen LogP contribution >= 0.6 is 11.8 Å². The lowest BCUT2D eigenvalue weighted by atomic mass is 10.1. The average molecular weight is 329 g/mol. The molecule has 0 amide bonds. The summed E-state index contributed by atoms with van der Waals surface area (Å²) in [6.45, 7) is 5.52. The van der Waals surface area contributed by atoms with Crippen LogP contribution in [0.3, 0.4) is 0 Å². The fraction of sp³-hybridized carbons (Fsp3) is 0.474. The molecule has 0 radical (unpaired) electrons. The summed E-state index contributed by atoms with van der Waals surface area (Å²) >= 11 is 1.75. The first-order valence-corrected chi connectivity index (χ1v) is 9.16. The summed E-state index contributed by atoms with van der Waals surface area (Å²) in [4.78, 5) is 3.51. The minimum absolute atomic E-state index is 0.157. The van der Waals surface area contributed by atoms with E-state index >= 15 is 0 Å². The Hall–Kier alpha value is -1.57. The van der Waals surface area contributed by atoms with Gasteiger partial charge in [-0.25, -0.2) is 0 Å².